The Labute approximate surface area is 214 Å². The Hall–Kier alpha value is -4.79. The zero-order valence-corrected chi connectivity index (χ0v) is 20.5. The van der Waals surface area contributed by atoms with E-state index in [2.05, 4.69) is 10.3 Å². The van der Waals surface area contributed by atoms with Crippen LogP contribution in [0.1, 0.15) is 17.5 Å². The number of hydrogen-bond donors (Lipinski definition) is 3. The van der Waals surface area contributed by atoms with Gasteiger partial charge in [-0.25, -0.2) is 4.79 Å². The Kier molecular flexibility index (Phi) is 8.05. The van der Waals surface area contributed by atoms with Crippen LogP contribution in [0.5, 0.6) is 5.75 Å². The first kappa shape index (κ1) is 25.3. The van der Waals surface area contributed by atoms with Crippen molar-refractivity contribution in [3.8, 4) is 5.75 Å². The number of carbonyl (C=O) groups excluding carboxylic acids is 1. The second-order valence-electron chi connectivity index (χ2n) is 8.47. The zero-order valence-electron chi connectivity index (χ0n) is 20.5. The molecule has 190 valence electrons. The van der Waals surface area contributed by atoms with Crippen molar-refractivity contribution in [3.63, 3.8) is 0 Å². The van der Waals surface area contributed by atoms with E-state index in [1.807, 2.05) is 66.7 Å². The number of ether oxygens (including phenoxy) is 1. The normalized spacial score (nSPS) is 10.6. The number of methoxy groups -OCH3 is 1. The van der Waals surface area contributed by atoms with Gasteiger partial charge in [0.2, 0.25) is 5.91 Å². The Morgan fingerprint density at radius 1 is 0.946 bits per heavy atom. The lowest BCUT2D eigenvalue weighted by atomic mass is 10.2. The third kappa shape index (κ3) is 6.26. The molecule has 0 saturated carbocycles. The molecule has 0 saturated heterocycles. The maximum atomic E-state index is 13.0. The lowest BCUT2D eigenvalue weighted by molar-refractivity contribution is -0.116. The molecule has 0 aliphatic rings. The highest BCUT2D eigenvalue weighted by Gasteiger charge is 2.21. The number of aromatic nitrogens is 2. The van der Waals surface area contributed by atoms with Gasteiger partial charge in [-0.05, 0) is 23.3 Å². The number of nitrogens with zero attached hydrogens (tertiary/aromatic N) is 2. The van der Waals surface area contributed by atoms with Gasteiger partial charge in [-0.1, -0.05) is 72.8 Å². The molecular formula is C28H29N5O4. The first-order chi connectivity index (χ1) is 18.0. The molecule has 0 unspecified atom stereocenters. The highest BCUT2D eigenvalue weighted by Crippen LogP contribution is 2.24. The Balaban J connectivity index is 1.63. The van der Waals surface area contributed by atoms with Gasteiger partial charge in [0, 0.05) is 19.5 Å². The Morgan fingerprint density at radius 2 is 1.57 bits per heavy atom. The third-order valence-corrected chi connectivity index (χ3v) is 5.92. The number of para-hydroxylation sites is 2. The first-order valence-electron chi connectivity index (χ1n) is 11.8. The summed E-state index contributed by atoms with van der Waals surface area (Å²) in [6.07, 6.45) is 0.0710. The number of anilines is 3. The first-order valence-corrected chi connectivity index (χ1v) is 11.8. The molecule has 0 aliphatic heterocycles. The van der Waals surface area contributed by atoms with Gasteiger partial charge in [-0.3, -0.25) is 19.1 Å². The number of aromatic amines is 1. The fourth-order valence-electron chi connectivity index (χ4n) is 4.08. The predicted octanol–water partition coefficient (Wildman–Crippen LogP) is 3.21. The van der Waals surface area contributed by atoms with Crippen molar-refractivity contribution in [3.05, 3.63) is 117 Å². The van der Waals surface area contributed by atoms with Crippen LogP contribution in [0, 0.1) is 0 Å². The number of nitrogens with one attached hydrogen (secondary N) is 2. The fraction of sp³-hybridized carbons (Fsp3) is 0.179. The van der Waals surface area contributed by atoms with E-state index in [0.717, 1.165) is 11.1 Å². The third-order valence-electron chi connectivity index (χ3n) is 5.92. The zero-order chi connectivity index (χ0) is 26.2. The highest BCUT2D eigenvalue weighted by atomic mass is 16.5. The molecule has 0 bridgehead atoms. The number of nitrogens with two attached hydrogens (primary N) is 1. The van der Waals surface area contributed by atoms with Crippen LogP contribution in [-0.2, 0) is 17.9 Å². The molecule has 0 aliphatic carbocycles. The standard InChI is InChI=1S/C28H29N5O4/c1-37-23-15-9-8-14-22(23)30-24(34)16-17-32(18-20-10-4-2-5-11-20)25-26(29)33(28(36)31-27(25)35)19-21-12-6-3-7-13-21/h2-15H,16-19,29H2,1H3,(H,30,34)(H,31,35,36). The summed E-state index contributed by atoms with van der Waals surface area (Å²) in [5.41, 5.74) is 7.72. The van der Waals surface area contributed by atoms with Gasteiger partial charge >= 0.3 is 5.69 Å². The van der Waals surface area contributed by atoms with E-state index in [9.17, 15) is 14.4 Å². The molecule has 3 aromatic carbocycles. The lowest BCUT2D eigenvalue weighted by Gasteiger charge is -2.26. The van der Waals surface area contributed by atoms with E-state index < -0.39 is 11.2 Å². The van der Waals surface area contributed by atoms with Crippen LogP contribution in [0.3, 0.4) is 0 Å². The van der Waals surface area contributed by atoms with Gasteiger partial charge in [0.1, 0.15) is 17.3 Å². The van der Waals surface area contributed by atoms with Crippen LogP contribution in [0.25, 0.3) is 0 Å². The van der Waals surface area contributed by atoms with E-state index in [0.29, 0.717) is 18.0 Å². The maximum Gasteiger partial charge on any atom is 0.330 e. The number of hydrogen-bond acceptors (Lipinski definition) is 6. The molecule has 4 rings (SSSR count). The summed E-state index contributed by atoms with van der Waals surface area (Å²) >= 11 is 0. The van der Waals surface area contributed by atoms with E-state index in [4.69, 9.17) is 10.5 Å². The van der Waals surface area contributed by atoms with Crippen molar-refractivity contribution in [1.82, 2.24) is 9.55 Å². The molecule has 9 heteroatoms. The van der Waals surface area contributed by atoms with Crippen LogP contribution in [0.2, 0.25) is 0 Å². The molecule has 1 aromatic heterocycles. The van der Waals surface area contributed by atoms with Crippen LogP contribution < -0.4 is 31.9 Å². The van der Waals surface area contributed by atoms with Crippen LogP contribution in [-0.4, -0.2) is 29.1 Å². The molecule has 4 aromatic rings. The van der Waals surface area contributed by atoms with Crippen LogP contribution >= 0.6 is 0 Å². The Morgan fingerprint density at radius 3 is 2.24 bits per heavy atom. The molecule has 1 heterocycles. The SMILES string of the molecule is COc1ccccc1NC(=O)CCN(Cc1ccccc1)c1c(N)n(Cc2ccccc2)c(=O)[nH]c1=O. The average molecular weight is 500 g/mol. The monoisotopic (exact) mass is 499 g/mol. The summed E-state index contributed by atoms with van der Waals surface area (Å²) in [5.74, 6) is 0.333. The summed E-state index contributed by atoms with van der Waals surface area (Å²) in [6, 6.07) is 26.0. The molecule has 0 radical (unpaired) electrons. The molecule has 37 heavy (non-hydrogen) atoms. The minimum Gasteiger partial charge on any atom is -0.495 e. The second kappa shape index (κ2) is 11.8. The summed E-state index contributed by atoms with van der Waals surface area (Å²) in [5, 5.41) is 2.85. The summed E-state index contributed by atoms with van der Waals surface area (Å²) < 4.78 is 6.64. The van der Waals surface area contributed by atoms with Crippen LogP contribution in [0.15, 0.2) is 94.5 Å². The van der Waals surface area contributed by atoms with Crippen molar-refractivity contribution in [2.24, 2.45) is 0 Å². The molecule has 0 fully saturated rings. The van der Waals surface area contributed by atoms with Gasteiger partial charge in [-0.15, -0.1) is 0 Å². The lowest BCUT2D eigenvalue weighted by Crippen LogP contribution is -2.39. The number of H-pyrrole nitrogens is 1. The molecule has 9 nitrogen and oxygen atoms in total. The Bertz CT molecular complexity index is 1470. The molecule has 1 amide bonds. The summed E-state index contributed by atoms with van der Waals surface area (Å²) in [4.78, 5) is 42.6. The topological polar surface area (TPSA) is 122 Å². The molecule has 4 N–H and O–H groups in total. The van der Waals surface area contributed by atoms with E-state index in [1.165, 1.54) is 11.7 Å². The van der Waals surface area contributed by atoms with E-state index >= 15 is 0 Å². The molecule has 0 atom stereocenters. The number of nitrogen functional groups attached to an aromatic ring is 1. The summed E-state index contributed by atoms with van der Waals surface area (Å²) in [6.45, 7) is 0.703. The number of amides is 1. The van der Waals surface area contributed by atoms with Crippen molar-refractivity contribution < 1.29 is 9.53 Å². The van der Waals surface area contributed by atoms with Crippen molar-refractivity contribution >= 4 is 23.1 Å². The van der Waals surface area contributed by atoms with Crippen LogP contribution in [0.4, 0.5) is 17.2 Å². The van der Waals surface area contributed by atoms with E-state index in [1.54, 1.807) is 23.1 Å². The van der Waals surface area contributed by atoms with Gasteiger partial charge in [0.15, 0.2) is 0 Å². The molecule has 0 spiro atoms. The minimum absolute atomic E-state index is 0.0404. The van der Waals surface area contributed by atoms with Gasteiger partial charge in [0.05, 0.1) is 19.3 Å². The van der Waals surface area contributed by atoms with Crippen molar-refractivity contribution in [1.29, 1.82) is 0 Å². The van der Waals surface area contributed by atoms with Gasteiger partial charge < -0.3 is 20.7 Å². The largest absolute Gasteiger partial charge is 0.495 e. The maximum absolute atomic E-state index is 13.0. The predicted molar refractivity (Wildman–Crippen MR) is 145 cm³/mol. The van der Waals surface area contributed by atoms with Crippen molar-refractivity contribution in [2.75, 3.05) is 29.6 Å². The smallest absolute Gasteiger partial charge is 0.330 e. The number of rotatable bonds is 10. The highest BCUT2D eigenvalue weighted by molar-refractivity contribution is 5.92. The van der Waals surface area contributed by atoms with E-state index in [-0.39, 0.29) is 36.9 Å². The fourth-order valence-corrected chi connectivity index (χ4v) is 4.08. The number of carbonyl (C=O) groups is 1. The second-order valence-corrected chi connectivity index (χ2v) is 8.47. The number of benzene rings is 3. The average Bonchev–Trinajstić information content (AvgIpc) is 2.91. The van der Waals surface area contributed by atoms with Gasteiger partial charge in [-0.2, -0.15) is 0 Å². The van der Waals surface area contributed by atoms with Gasteiger partial charge in [0.25, 0.3) is 5.56 Å². The minimum atomic E-state index is -0.604. The summed E-state index contributed by atoms with van der Waals surface area (Å²) in [7, 11) is 1.53. The quantitative estimate of drug-likeness (QED) is 0.308. The van der Waals surface area contributed by atoms with Crippen molar-refractivity contribution in [2.45, 2.75) is 19.5 Å². The molecular weight excluding hydrogens is 470 g/mol.